The lowest BCUT2D eigenvalue weighted by atomic mass is 10.1. The van der Waals surface area contributed by atoms with Gasteiger partial charge in [-0.15, -0.1) is 0 Å². The van der Waals surface area contributed by atoms with E-state index in [9.17, 15) is 9.59 Å². The number of benzene rings is 1. The second-order valence-corrected chi connectivity index (χ2v) is 4.53. The number of hydrogen-bond acceptors (Lipinski definition) is 3. The highest BCUT2D eigenvalue weighted by molar-refractivity contribution is 9.10. The Morgan fingerprint density at radius 1 is 1.47 bits per heavy atom. The van der Waals surface area contributed by atoms with Crippen LogP contribution in [0.3, 0.4) is 0 Å². The summed E-state index contributed by atoms with van der Waals surface area (Å²) in [7, 11) is 0. The molecule has 4 nitrogen and oxygen atoms in total. The molecule has 0 aliphatic rings. The van der Waals surface area contributed by atoms with E-state index in [1.807, 2.05) is 0 Å². The van der Waals surface area contributed by atoms with Crippen molar-refractivity contribution in [3.8, 4) is 5.75 Å². The molecule has 0 spiro atoms. The molecule has 0 heterocycles. The quantitative estimate of drug-likeness (QED) is 0.848. The van der Waals surface area contributed by atoms with Crippen molar-refractivity contribution in [2.75, 3.05) is 0 Å². The maximum atomic E-state index is 11.4. The minimum absolute atomic E-state index is 0.119. The van der Waals surface area contributed by atoms with Crippen LogP contribution in [0.15, 0.2) is 22.7 Å². The van der Waals surface area contributed by atoms with Gasteiger partial charge in [-0.2, -0.15) is 0 Å². The molecule has 1 atom stereocenters. The predicted octanol–water partition coefficient (Wildman–Crippen LogP) is 2.29. The number of nitrogens with two attached hydrogens (primary N) is 1. The number of carbonyl (C=O) groups is 2. The highest BCUT2D eigenvalue weighted by Crippen LogP contribution is 2.25. The molecule has 0 aliphatic heterocycles. The first-order valence-corrected chi connectivity index (χ1v) is 6.01. The van der Waals surface area contributed by atoms with Gasteiger partial charge in [0.05, 0.1) is 5.56 Å². The first-order valence-electron chi connectivity index (χ1n) is 5.22. The number of halogens is 1. The zero-order valence-corrected chi connectivity index (χ0v) is 11.3. The van der Waals surface area contributed by atoms with Crippen LogP contribution in [-0.2, 0) is 4.79 Å². The summed E-state index contributed by atoms with van der Waals surface area (Å²) in [6, 6.07) is 5.05. The van der Waals surface area contributed by atoms with Gasteiger partial charge in [-0.05, 0) is 31.5 Å². The molecule has 17 heavy (non-hydrogen) atoms. The number of ether oxygens (including phenoxy) is 1. The van der Waals surface area contributed by atoms with Crippen LogP contribution in [0.25, 0.3) is 0 Å². The Balaban J connectivity index is 3.07. The molecule has 1 amide bonds. The van der Waals surface area contributed by atoms with Gasteiger partial charge in [0.15, 0.2) is 11.9 Å². The lowest BCUT2D eigenvalue weighted by Gasteiger charge is -2.16. The Morgan fingerprint density at radius 3 is 2.59 bits per heavy atom. The van der Waals surface area contributed by atoms with E-state index in [1.165, 1.54) is 6.92 Å². The Morgan fingerprint density at radius 2 is 2.12 bits per heavy atom. The fourth-order valence-electron chi connectivity index (χ4n) is 1.38. The summed E-state index contributed by atoms with van der Waals surface area (Å²) in [6.45, 7) is 3.24. The molecule has 0 aromatic heterocycles. The number of amides is 1. The number of Topliss-reactive ketones (excluding diaryl/α,β-unsaturated/α-hetero) is 1. The third-order valence-electron chi connectivity index (χ3n) is 2.28. The van der Waals surface area contributed by atoms with E-state index in [1.54, 1.807) is 25.1 Å². The summed E-state index contributed by atoms with van der Waals surface area (Å²) in [6.07, 6.45) is -0.262. The van der Waals surface area contributed by atoms with Crippen LogP contribution in [0.2, 0.25) is 0 Å². The molecule has 92 valence electrons. The van der Waals surface area contributed by atoms with Crippen molar-refractivity contribution in [2.24, 2.45) is 5.73 Å². The van der Waals surface area contributed by atoms with Crippen LogP contribution < -0.4 is 10.5 Å². The molecule has 1 rings (SSSR count). The first kappa shape index (κ1) is 13.7. The molecule has 0 saturated carbocycles. The van der Waals surface area contributed by atoms with Crippen molar-refractivity contribution in [3.05, 3.63) is 28.2 Å². The summed E-state index contributed by atoms with van der Waals surface area (Å²) in [5, 5.41) is 0. The Hall–Kier alpha value is -1.36. The van der Waals surface area contributed by atoms with E-state index in [0.29, 0.717) is 17.7 Å². The zero-order chi connectivity index (χ0) is 13.0. The van der Waals surface area contributed by atoms with Crippen LogP contribution in [0, 0.1) is 0 Å². The molecule has 1 aromatic carbocycles. The number of primary amides is 1. The molecule has 1 aromatic rings. The Bertz CT molecular complexity index is 445. The van der Waals surface area contributed by atoms with E-state index in [-0.39, 0.29) is 5.78 Å². The second kappa shape index (κ2) is 5.82. The number of hydrogen-bond donors (Lipinski definition) is 1. The molecule has 5 heteroatoms. The lowest BCUT2D eigenvalue weighted by molar-refractivity contribution is -0.124. The van der Waals surface area contributed by atoms with Crippen LogP contribution >= 0.6 is 15.9 Å². The molecule has 0 aliphatic carbocycles. The monoisotopic (exact) mass is 299 g/mol. The summed E-state index contributed by atoms with van der Waals surface area (Å²) in [5.41, 5.74) is 5.64. The fraction of sp³-hybridized carbons (Fsp3) is 0.333. The lowest BCUT2D eigenvalue weighted by Crippen LogP contribution is -2.33. The standard InChI is InChI=1S/C12H14BrNO3/c1-3-10(12(14)16)17-11-6-8(13)4-5-9(11)7(2)15/h4-6,10H,3H2,1-2H3,(H2,14,16). The predicted molar refractivity (Wildman–Crippen MR) is 68.0 cm³/mol. The third-order valence-corrected chi connectivity index (χ3v) is 2.77. The average molecular weight is 300 g/mol. The normalized spacial score (nSPS) is 11.9. The van der Waals surface area contributed by atoms with Crippen molar-refractivity contribution in [1.29, 1.82) is 0 Å². The van der Waals surface area contributed by atoms with E-state index >= 15 is 0 Å². The largest absolute Gasteiger partial charge is 0.480 e. The Labute approximate surface area is 108 Å². The molecule has 2 N–H and O–H groups in total. The summed E-state index contributed by atoms with van der Waals surface area (Å²) >= 11 is 3.29. The molecule has 0 fully saturated rings. The fourth-order valence-corrected chi connectivity index (χ4v) is 1.72. The van der Waals surface area contributed by atoms with Crippen molar-refractivity contribution in [2.45, 2.75) is 26.4 Å². The maximum absolute atomic E-state index is 11.4. The highest BCUT2D eigenvalue weighted by Gasteiger charge is 2.18. The van der Waals surface area contributed by atoms with Gasteiger partial charge in [0, 0.05) is 4.47 Å². The minimum atomic E-state index is -0.720. The molecule has 0 saturated heterocycles. The molecular weight excluding hydrogens is 286 g/mol. The van der Waals surface area contributed by atoms with E-state index in [4.69, 9.17) is 10.5 Å². The summed E-state index contributed by atoms with van der Waals surface area (Å²) in [4.78, 5) is 22.5. The summed E-state index contributed by atoms with van der Waals surface area (Å²) < 4.78 is 6.25. The summed E-state index contributed by atoms with van der Waals surface area (Å²) in [5.74, 6) is -0.286. The van der Waals surface area contributed by atoms with Crippen molar-refractivity contribution >= 4 is 27.6 Å². The molecule has 1 unspecified atom stereocenters. The van der Waals surface area contributed by atoms with Gasteiger partial charge in [0.25, 0.3) is 5.91 Å². The van der Waals surface area contributed by atoms with Crippen molar-refractivity contribution < 1.29 is 14.3 Å². The van der Waals surface area contributed by atoms with Gasteiger partial charge in [-0.25, -0.2) is 0 Å². The van der Waals surface area contributed by atoms with Gasteiger partial charge in [-0.3, -0.25) is 9.59 Å². The third kappa shape index (κ3) is 3.56. The number of ketones is 1. The molecular formula is C12H14BrNO3. The van der Waals surface area contributed by atoms with E-state index < -0.39 is 12.0 Å². The van der Waals surface area contributed by atoms with Crippen LogP contribution in [-0.4, -0.2) is 17.8 Å². The smallest absolute Gasteiger partial charge is 0.258 e. The van der Waals surface area contributed by atoms with Gasteiger partial charge < -0.3 is 10.5 Å². The van der Waals surface area contributed by atoms with Gasteiger partial charge in [-0.1, -0.05) is 22.9 Å². The van der Waals surface area contributed by atoms with E-state index in [2.05, 4.69) is 15.9 Å². The van der Waals surface area contributed by atoms with Gasteiger partial charge in [0.2, 0.25) is 0 Å². The molecule has 0 bridgehead atoms. The zero-order valence-electron chi connectivity index (χ0n) is 9.70. The Kier molecular flexibility index (Phi) is 4.69. The molecule has 0 radical (unpaired) electrons. The van der Waals surface area contributed by atoms with Crippen molar-refractivity contribution in [3.63, 3.8) is 0 Å². The van der Waals surface area contributed by atoms with Crippen LogP contribution in [0.5, 0.6) is 5.75 Å². The van der Waals surface area contributed by atoms with Crippen molar-refractivity contribution in [1.82, 2.24) is 0 Å². The topological polar surface area (TPSA) is 69.4 Å². The van der Waals surface area contributed by atoms with Crippen LogP contribution in [0.4, 0.5) is 0 Å². The van der Waals surface area contributed by atoms with Gasteiger partial charge >= 0.3 is 0 Å². The maximum Gasteiger partial charge on any atom is 0.258 e. The SMILES string of the molecule is CCC(Oc1cc(Br)ccc1C(C)=O)C(N)=O. The first-order chi connectivity index (χ1) is 7.95. The minimum Gasteiger partial charge on any atom is -0.480 e. The highest BCUT2D eigenvalue weighted by atomic mass is 79.9. The average Bonchev–Trinajstić information content (AvgIpc) is 2.25. The number of carbonyl (C=O) groups excluding carboxylic acids is 2. The van der Waals surface area contributed by atoms with Gasteiger partial charge in [0.1, 0.15) is 5.75 Å². The number of rotatable bonds is 5. The van der Waals surface area contributed by atoms with E-state index in [0.717, 1.165) is 4.47 Å². The second-order valence-electron chi connectivity index (χ2n) is 3.61. The van der Waals surface area contributed by atoms with Crippen LogP contribution in [0.1, 0.15) is 30.6 Å².